The number of nitrogen functional groups attached to an aromatic ring is 1. The molecule has 0 radical (unpaired) electrons. The average molecular weight is 268 g/mol. The van der Waals surface area contributed by atoms with Crippen molar-refractivity contribution in [3.05, 3.63) is 42.0 Å². The first kappa shape index (κ1) is 12.0. The van der Waals surface area contributed by atoms with Gasteiger partial charge in [-0.25, -0.2) is 4.98 Å². The summed E-state index contributed by atoms with van der Waals surface area (Å²) in [6.07, 6.45) is 0. The highest BCUT2D eigenvalue weighted by Gasteiger charge is 2.12. The summed E-state index contributed by atoms with van der Waals surface area (Å²) in [5.41, 5.74) is 7.83. The predicted octanol–water partition coefficient (Wildman–Crippen LogP) is 1.93. The summed E-state index contributed by atoms with van der Waals surface area (Å²) in [7, 11) is 0. The SMILES string of the molecule is N=C(N)c1ccc2nc(-c3cccc(O)c3O)[nH]c2c1. The van der Waals surface area contributed by atoms with Gasteiger partial charge in [-0.2, -0.15) is 0 Å². The van der Waals surface area contributed by atoms with E-state index in [4.69, 9.17) is 11.1 Å². The van der Waals surface area contributed by atoms with Gasteiger partial charge in [-0.15, -0.1) is 0 Å². The molecule has 3 aromatic rings. The number of rotatable bonds is 2. The number of hydrogen-bond donors (Lipinski definition) is 5. The van der Waals surface area contributed by atoms with Crippen LogP contribution in [0.5, 0.6) is 11.5 Å². The number of para-hydroxylation sites is 1. The van der Waals surface area contributed by atoms with Gasteiger partial charge in [0.25, 0.3) is 0 Å². The number of aromatic nitrogens is 2. The highest BCUT2D eigenvalue weighted by atomic mass is 16.3. The molecule has 6 N–H and O–H groups in total. The van der Waals surface area contributed by atoms with Crippen LogP contribution >= 0.6 is 0 Å². The van der Waals surface area contributed by atoms with Crippen LogP contribution in [0, 0.1) is 5.41 Å². The Hall–Kier alpha value is -3.02. The Morgan fingerprint density at radius 3 is 2.75 bits per heavy atom. The maximum Gasteiger partial charge on any atom is 0.168 e. The molecule has 0 aliphatic heterocycles. The van der Waals surface area contributed by atoms with Gasteiger partial charge in [0, 0.05) is 5.56 Å². The summed E-state index contributed by atoms with van der Waals surface area (Å²) in [6.45, 7) is 0. The second-order valence-electron chi connectivity index (χ2n) is 4.40. The molecule has 0 bridgehead atoms. The van der Waals surface area contributed by atoms with E-state index in [0.29, 0.717) is 28.0 Å². The minimum Gasteiger partial charge on any atom is -0.504 e. The minimum absolute atomic E-state index is 0.0248. The summed E-state index contributed by atoms with van der Waals surface area (Å²) >= 11 is 0. The number of nitrogens with zero attached hydrogens (tertiary/aromatic N) is 1. The maximum absolute atomic E-state index is 9.85. The monoisotopic (exact) mass is 268 g/mol. The van der Waals surface area contributed by atoms with Gasteiger partial charge >= 0.3 is 0 Å². The number of aromatic amines is 1. The zero-order valence-corrected chi connectivity index (χ0v) is 10.4. The fraction of sp³-hybridized carbons (Fsp3) is 0. The summed E-state index contributed by atoms with van der Waals surface area (Å²) in [5, 5.41) is 26.8. The molecule has 6 nitrogen and oxygen atoms in total. The van der Waals surface area contributed by atoms with Gasteiger partial charge in [-0.3, -0.25) is 5.41 Å². The van der Waals surface area contributed by atoms with Crippen molar-refractivity contribution in [1.82, 2.24) is 9.97 Å². The van der Waals surface area contributed by atoms with Crippen LogP contribution in [0.2, 0.25) is 0 Å². The molecule has 1 heterocycles. The van der Waals surface area contributed by atoms with Crippen molar-refractivity contribution in [2.75, 3.05) is 0 Å². The lowest BCUT2D eigenvalue weighted by Crippen LogP contribution is -2.10. The van der Waals surface area contributed by atoms with Crippen LogP contribution < -0.4 is 5.73 Å². The third-order valence-electron chi connectivity index (χ3n) is 3.06. The number of benzene rings is 2. The van der Waals surface area contributed by atoms with Crippen molar-refractivity contribution in [2.24, 2.45) is 5.73 Å². The molecule has 0 atom stereocenters. The van der Waals surface area contributed by atoms with Crippen molar-refractivity contribution in [1.29, 1.82) is 5.41 Å². The van der Waals surface area contributed by atoms with Crippen LogP contribution in [-0.4, -0.2) is 26.0 Å². The molecule has 0 aliphatic rings. The van der Waals surface area contributed by atoms with E-state index in [1.807, 2.05) is 0 Å². The molecule has 3 rings (SSSR count). The van der Waals surface area contributed by atoms with Crippen molar-refractivity contribution in [3.63, 3.8) is 0 Å². The number of imidazole rings is 1. The summed E-state index contributed by atoms with van der Waals surface area (Å²) < 4.78 is 0. The van der Waals surface area contributed by atoms with Gasteiger partial charge in [-0.05, 0) is 30.3 Å². The number of phenolic OH excluding ortho intramolecular Hbond substituents is 2. The molecule has 0 fully saturated rings. The molecule has 0 aliphatic carbocycles. The third-order valence-corrected chi connectivity index (χ3v) is 3.06. The first-order chi connectivity index (χ1) is 9.56. The van der Waals surface area contributed by atoms with E-state index in [9.17, 15) is 10.2 Å². The zero-order valence-electron chi connectivity index (χ0n) is 10.4. The summed E-state index contributed by atoms with van der Waals surface area (Å²) in [6, 6.07) is 9.84. The van der Waals surface area contributed by atoms with E-state index in [-0.39, 0.29) is 17.3 Å². The lowest BCUT2D eigenvalue weighted by Gasteiger charge is -2.02. The van der Waals surface area contributed by atoms with Crippen LogP contribution in [0.3, 0.4) is 0 Å². The molecule has 0 spiro atoms. The topological polar surface area (TPSA) is 119 Å². The Kier molecular flexibility index (Phi) is 2.57. The van der Waals surface area contributed by atoms with Gasteiger partial charge in [0.1, 0.15) is 11.7 Å². The van der Waals surface area contributed by atoms with Gasteiger partial charge < -0.3 is 20.9 Å². The molecule has 2 aromatic carbocycles. The number of nitrogens with one attached hydrogen (secondary N) is 2. The van der Waals surface area contributed by atoms with Crippen LogP contribution in [0.15, 0.2) is 36.4 Å². The molecular formula is C14H12N4O2. The second-order valence-corrected chi connectivity index (χ2v) is 4.40. The van der Waals surface area contributed by atoms with Crippen molar-refractivity contribution >= 4 is 16.9 Å². The van der Waals surface area contributed by atoms with E-state index >= 15 is 0 Å². The standard InChI is InChI=1S/C14H12N4O2/c15-13(16)7-4-5-9-10(6-7)18-14(17-9)8-2-1-3-11(19)12(8)20/h1-6,19-20H,(H3,15,16)(H,17,18). The molecule has 100 valence electrons. The predicted molar refractivity (Wildman–Crippen MR) is 75.9 cm³/mol. The van der Waals surface area contributed by atoms with E-state index in [1.165, 1.54) is 6.07 Å². The Bertz CT molecular complexity index is 823. The molecular weight excluding hydrogens is 256 g/mol. The lowest BCUT2D eigenvalue weighted by atomic mass is 10.2. The van der Waals surface area contributed by atoms with Crippen LogP contribution in [0.1, 0.15) is 5.56 Å². The number of phenols is 2. The largest absolute Gasteiger partial charge is 0.504 e. The van der Waals surface area contributed by atoms with E-state index in [0.717, 1.165) is 0 Å². The summed E-state index contributed by atoms with van der Waals surface area (Å²) in [5.74, 6) is -0.0110. The van der Waals surface area contributed by atoms with Gasteiger partial charge in [0.05, 0.1) is 16.6 Å². The van der Waals surface area contributed by atoms with Gasteiger partial charge in [0.15, 0.2) is 11.5 Å². The molecule has 0 unspecified atom stereocenters. The van der Waals surface area contributed by atoms with Gasteiger partial charge in [0.2, 0.25) is 0 Å². The quantitative estimate of drug-likeness (QED) is 0.277. The highest BCUT2D eigenvalue weighted by Crippen LogP contribution is 2.35. The van der Waals surface area contributed by atoms with Crippen LogP contribution in [0.4, 0.5) is 0 Å². The van der Waals surface area contributed by atoms with E-state index in [1.54, 1.807) is 30.3 Å². The number of aromatic hydroxyl groups is 2. The number of nitrogens with two attached hydrogens (primary N) is 1. The normalized spacial score (nSPS) is 10.8. The lowest BCUT2D eigenvalue weighted by molar-refractivity contribution is 0.405. The number of fused-ring (bicyclic) bond motifs is 1. The van der Waals surface area contributed by atoms with E-state index < -0.39 is 0 Å². The Morgan fingerprint density at radius 1 is 1.20 bits per heavy atom. The molecule has 1 aromatic heterocycles. The number of amidine groups is 1. The molecule has 0 amide bonds. The Labute approximate surface area is 114 Å². The Morgan fingerprint density at radius 2 is 2.00 bits per heavy atom. The Balaban J connectivity index is 2.18. The minimum atomic E-state index is -0.224. The number of H-pyrrole nitrogens is 1. The fourth-order valence-electron chi connectivity index (χ4n) is 2.03. The highest BCUT2D eigenvalue weighted by molar-refractivity contribution is 5.98. The van der Waals surface area contributed by atoms with Crippen molar-refractivity contribution in [2.45, 2.75) is 0 Å². The third kappa shape index (κ3) is 1.83. The smallest absolute Gasteiger partial charge is 0.168 e. The van der Waals surface area contributed by atoms with E-state index in [2.05, 4.69) is 9.97 Å². The number of hydrogen-bond acceptors (Lipinski definition) is 4. The van der Waals surface area contributed by atoms with Crippen molar-refractivity contribution < 1.29 is 10.2 Å². The van der Waals surface area contributed by atoms with Crippen LogP contribution in [-0.2, 0) is 0 Å². The fourth-order valence-corrected chi connectivity index (χ4v) is 2.03. The van der Waals surface area contributed by atoms with Gasteiger partial charge in [-0.1, -0.05) is 6.07 Å². The maximum atomic E-state index is 9.85. The molecule has 20 heavy (non-hydrogen) atoms. The van der Waals surface area contributed by atoms with Crippen LogP contribution in [0.25, 0.3) is 22.4 Å². The zero-order chi connectivity index (χ0) is 14.3. The molecule has 6 heteroatoms. The molecule has 0 saturated heterocycles. The first-order valence-corrected chi connectivity index (χ1v) is 5.92. The average Bonchev–Trinajstić information content (AvgIpc) is 2.84. The summed E-state index contributed by atoms with van der Waals surface area (Å²) in [4.78, 5) is 7.39. The molecule has 0 saturated carbocycles. The second kappa shape index (κ2) is 4.27. The van der Waals surface area contributed by atoms with Crippen molar-refractivity contribution in [3.8, 4) is 22.9 Å². The first-order valence-electron chi connectivity index (χ1n) is 5.92.